The molecule has 0 bridgehead atoms. The Kier molecular flexibility index (Phi) is 3.34. The molecule has 5 heteroatoms. The molecule has 1 rings (SSSR count). The molecule has 0 aromatic carbocycles. The summed E-state index contributed by atoms with van der Waals surface area (Å²) in [5.74, 6) is 0. The van der Waals surface area contributed by atoms with Crippen LogP contribution in [0.5, 0.6) is 0 Å². The van der Waals surface area contributed by atoms with Gasteiger partial charge in [0.05, 0.1) is 6.54 Å². The molecule has 0 aliphatic carbocycles. The molecule has 0 aromatic heterocycles. The van der Waals surface area contributed by atoms with E-state index in [9.17, 15) is 13.2 Å². The second-order valence-corrected chi connectivity index (χ2v) is 3.03. The van der Waals surface area contributed by atoms with E-state index in [1.165, 1.54) is 0 Å². The van der Waals surface area contributed by atoms with E-state index in [4.69, 9.17) is 0 Å². The maximum absolute atomic E-state index is 11.6. The third-order valence-corrected chi connectivity index (χ3v) is 1.86. The molecular weight excluding hydrogens is 169 g/mol. The molecule has 72 valence electrons. The van der Waals surface area contributed by atoms with Gasteiger partial charge in [-0.2, -0.15) is 13.2 Å². The van der Waals surface area contributed by atoms with Gasteiger partial charge in [-0.25, -0.2) is 0 Å². The molecular formula is C7H13F3N2. The number of hydrogen-bond acceptors (Lipinski definition) is 2. The molecule has 1 aliphatic rings. The minimum Gasteiger partial charge on any atom is -0.296 e. The molecule has 0 amide bonds. The van der Waals surface area contributed by atoms with Gasteiger partial charge < -0.3 is 0 Å². The lowest BCUT2D eigenvalue weighted by Crippen LogP contribution is -2.37. The zero-order chi connectivity index (χ0) is 9.03. The Labute approximate surface area is 69.7 Å². The fourth-order valence-electron chi connectivity index (χ4n) is 1.30. The Balaban J connectivity index is 2.02. The highest BCUT2D eigenvalue weighted by Crippen LogP contribution is 2.12. The van der Waals surface area contributed by atoms with Crippen molar-refractivity contribution < 1.29 is 13.2 Å². The summed E-state index contributed by atoms with van der Waals surface area (Å²) < 4.78 is 34.9. The monoisotopic (exact) mass is 182 g/mol. The van der Waals surface area contributed by atoms with Gasteiger partial charge in [0.25, 0.3) is 0 Å². The highest BCUT2D eigenvalue weighted by molar-refractivity contribution is 4.65. The molecule has 1 aliphatic heterocycles. The summed E-state index contributed by atoms with van der Waals surface area (Å²) in [6.45, 7) is 1.32. The SMILES string of the molecule is FC(F)(F)CNCN1CCCC1. The van der Waals surface area contributed by atoms with Crippen LogP contribution in [0.4, 0.5) is 13.2 Å². The standard InChI is InChI=1S/C7H13F3N2/c8-7(9,10)5-11-6-12-3-1-2-4-12/h11H,1-6H2. The van der Waals surface area contributed by atoms with Crippen molar-refractivity contribution in [2.24, 2.45) is 0 Å². The fourth-order valence-corrected chi connectivity index (χ4v) is 1.30. The van der Waals surface area contributed by atoms with Gasteiger partial charge in [0.2, 0.25) is 0 Å². The molecule has 0 atom stereocenters. The minimum absolute atomic E-state index is 0.361. The van der Waals surface area contributed by atoms with Crippen molar-refractivity contribution in [3.63, 3.8) is 0 Å². The molecule has 0 saturated carbocycles. The first kappa shape index (κ1) is 9.80. The first-order valence-corrected chi connectivity index (χ1v) is 4.08. The van der Waals surface area contributed by atoms with Crippen molar-refractivity contribution in [3.05, 3.63) is 0 Å². The predicted octanol–water partition coefficient (Wildman–Crippen LogP) is 1.19. The van der Waals surface area contributed by atoms with Crippen LogP contribution in [-0.4, -0.2) is 37.4 Å². The van der Waals surface area contributed by atoms with Gasteiger partial charge >= 0.3 is 6.18 Å². The van der Waals surface area contributed by atoms with Crippen LogP contribution in [-0.2, 0) is 0 Å². The first-order valence-electron chi connectivity index (χ1n) is 4.08. The van der Waals surface area contributed by atoms with Gasteiger partial charge in [0, 0.05) is 6.67 Å². The average Bonchev–Trinajstić information content (AvgIpc) is 2.36. The number of nitrogens with zero attached hydrogens (tertiary/aromatic N) is 1. The molecule has 0 unspecified atom stereocenters. The van der Waals surface area contributed by atoms with E-state index in [2.05, 4.69) is 5.32 Å². The minimum atomic E-state index is -4.08. The molecule has 0 radical (unpaired) electrons. The van der Waals surface area contributed by atoms with Gasteiger partial charge in [0.15, 0.2) is 0 Å². The van der Waals surface area contributed by atoms with Gasteiger partial charge in [-0.05, 0) is 25.9 Å². The zero-order valence-electron chi connectivity index (χ0n) is 6.82. The highest BCUT2D eigenvalue weighted by atomic mass is 19.4. The normalized spacial score (nSPS) is 20.2. The Bertz CT molecular complexity index is 129. The lowest BCUT2D eigenvalue weighted by Gasteiger charge is -2.16. The van der Waals surface area contributed by atoms with E-state index in [1.807, 2.05) is 4.90 Å². The number of nitrogens with one attached hydrogen (secondary N) is 1. The molecule has 1 saturated heterocycles. The smallest absolute Gasteiger partial charge is 0.296 e. The van der Waals surface area contributed by atoms with Crippen LogP contribution >= 0.6 is 0 Å². The van der Waals surface area contributed by atoms with E-state index in [1.54, 1.807) is 0 Å². The maximum atomic E-state index is 11.6. The topological polar surface area (TPSA) is 15.3 Å². The third kappa shape index (κ3) is 3.92. The van der Waals surface area contributed by atoms with E-state index in [-0.39, 0.29) is 0 Å². The first-order chi connectivity index (χ1) is 5.58. The molecule has 0 aromatic rings. The molecule has 1 N–H and O–H groups in total. The summed E-state index contributed by atoms with van der Waals surface area (Å²) >= 11 is 0. The van der Waals surface area contributed by atoms with Crippen LogP contribution in [0.15, 0.2) is 0 Å². The average molecular weight is 182 g/mol. The Morgan fingerprint density at radius 3 is 2.25 bits per heavy atom. The van der Waals surface area contributed by atoms with Crippen LogP contribution in [0.1, 0.15) is 12.8 Å². The Morgan fingerprint density at radius 1 is 1.17 bits per heavy atom. The molecule has 1 fully saturated rings. The van der Waals surface area contributed by atoms with E-state index in [0.29, 0.717) is 6.67 Å². The zero-order valence-corrected chi connectivity index (χ0v) is 6.82. The largest absolute Gasteiger partial charge is 0.401 e. The van der Waals surface area contributed by atoms with E-state index >= 15 is 0 Å². The second kappa shape index (κ2) is 4.09. The Hall–Kier alpha value is -0.290. The quantitative estimate of drug-likeness (QED) is 0.705. The summed E-state index contributed by atoms with van der Waals surface area (Å²) in [6.07, 6.45) is -1.87. The van der Waals surface area contributed by atoms with E-state index in [0.717, 1.165) is 25.9 Å². The van der Waals surface area contributed by atoms with Gasteiger partial charge in [0.1, 0.15) is 0 Å². The molecule has 0 spiro atoms. The van der Waals surface area contributed by atoms with E-state index < -0.39 is 12.7 Å². The number of halogens is 3. The third-order valence-electron chi connectivity index (χ3n) is 1.86. The Morgan fingerprint density at radius 2 is 1.75 bits per heavy atom. The van der Waals surface area contributed by atoms with Crippen LogP contribution in [0.2, 0.25) is 0 Å². The lowest BCUT2D eigenvalue weighted by molar-refractivity contribution is -0.125. The number of likely N-dealkylation sites (tertiary alicyclic amines) is 1. The summed E-state index contributed by atoms with van der Waals surface area (Å²) in [7, 11) is 0. The van der Waals surface area contributed by atoms with Gasteiger partial charge in [-0.3, -0.25) is 10.2 Å². The fraction of sp³-hybridized carbons (Fsp3) is 1.00. The van der Waals surface area contributed by atoms with Gasteiger partial charge in [-0.1, -0.05) is 0 Å². The molecule has 1 heterocycles. The van der Waals surface area contributed by atoms with Crippen LogP contribution < -0.4 is 5.32 Å². The number of hydrogen-bond donors (Lipinski definition) is 1. The van der Waals surface area contributed by atoms with Crippen molar-refractivity contribution in [1.82, 2.24) is 10.2 Å². The lowest BCUT2D eigenvalue weighted by atomic mass is 10.4. The van der Waals surface area contributed by atoms with Crippen LogP contribution in [0.3, 0.4) is 0 Å². The van der Waals surface area contributed by atoms with Crippen molar-refractivity contribution in [2.45, 2.75) is 19.0 Å². The summed E-state index contributed by atoms with van der Waals surface area (Å²) in [6, 6.07) is 0. The summed E-state index contributed by atoms with van der Waals surface area (Å²) in [5, 5.41) is 2.37. The summed E-state index contributed by atoms with van der Waals surface area (Å²) in [5.41, 5.74) is 0. The van der Waals surface area contributed by atoms with Gasteiger partial charge in [-0.15, -0.1) is 0 Å². The van der Waals surface area contributed by atoms with Crippen molar-refractivity contribution >= 4 is 0 Å². The number of alkyl halides is 3. The van der Waals surface area contributed by atoms with Crippen molar-refractivity contribution in [1.29, 1.82) is 0 Å². The van der Waals surface area contributed by atoms with Crippen LogP contribution in [0, 0.1) is 0 Å². The van der Waals surface area contributed by atoms with Crippen LogP contribution in [0.25, 0.3) is 0 Å². The summed E-state index contributed by atoms with van der Waals surface area (Å²) in [4.78, 5) is 1.99. The predicted molar refractivity (Wildman–Crippen MR) is 39.7 cm³/mol. The second-order valence-electron chi connectivity index (χ2n) is 3.03. The highest BCUT2D eigenvalue weighted by Gasteiger charge is 2.26. The maximum Gasteiger partial charge on any atom is 0.401 e. The number of rotatable bonds is 3. The molecule has 2 nitrogen and oxygen atoms in total. The molecule has 12 heavy (non-hydrogen) atoms. The van der Waals surface area contributed by atoms with Crippen molar-refractivity contribution in [2.75, 3.05) is 26.3 Å². The van der Waals surface area contributed by atoms with Crippen molar-refractivity contribution in [3.8, 4) is 0 Å².